The number of anilines is 2. The molecule has 4 heterocycles. The van der Waals surface area contributed by atoms with Crippen molar-refractivity contribution in [3.8, 4) is 17.1 Å². The first kappa shape index (κ1) is 16.3. The molecule has 0 unspecified atom stereocenters. The molecule has 8 nitrogen and oxygen atoms in total. The van der Waals surface area contributed by atoms with Gasteiger partial charge in [0.1, 0.15) is 28.8 Å². The molecule has 0 atom stereocenters. The zero-order valence-corrected chi connectivity index (χ0v) is 15.2. The monoisotopic (exact) mass is 369 g/mol. The predicted octanol–water partition coefficient (Wildman–Crippen LogP) is 3.17. The van der Waals surface area contributed by atoms with Crippen LogP contribution >= 0.6 is 11.6 Å². The molecule has 0 saturated heterocycles. The summed E-state index contributed by atoms with van der Waals surface area (Å²) in [6.45, 7) is 0. The Kier molecular flexibility index (Phi) is 3.96. The lowest BCUT2D eigenvalue weighted by Gasteiger charge is -2.06. The van der Waals surface area contributed by atoms with Crippen molar-refractivity contribution in [2.24, 2.45) is 14.1 Å². The molecular formula is C17H16ClN7O. The number of hydrogen-bond donors (Lipinski definition) is 1. The van der Waals surface area contributed by atoms with Gasteiger partial charge in [-0.3, -0.25) is 14.3 Å². The summed E-state index contributed by atoms with van der Waals surface area (Å²) in [6.07, 6.45) is 3.40. The molecule has 0 saturated carbocycles. The Morgan fingerprint density at radius 3 is 2.85 bits per heavy atom. The van der Waals surface area contributed by atoms with E-state index < -0.39 is 0 Å². The molecule has 9 heteroatoms. The van der Waals surface area contributed by atoms with Gasteiger partial charge in [0.05, 0.1) is 23.7 Å². The third kappa shape index (κ3) is 2.74. The van der Waals surface area contributed by atoms with E-state index in [9.17, 15) is 0 Å². The van der Waals surface area contributed by atoms with Crippen molar-refractivity contribution in [3.05, 3.63) is 41.7 Å². The molecule has 4 aromatic heterocycles. The van der Waals surface area contributed by atoms with Gasteiger partial charge in [-0.05, 0) is 12.1 Å². The zero-order chi connectivity index (χ0) is 18.3. The maximum absolute atomic E-state index is 6.34. The Hall–Kier alpha value is -3.13. The minimum absolute atomic E-state index is 0.583. The molecule has 1 N–H and O–H groups in total. The highest BCUT2D eigenvalue weighted by molar-refractivity contribution is 6.35. The van der Waals surface area contributed by atoms with Gasteiger partial charge in [-0.2, -0.15) is 10.2 Å². The van der Waals surface area contributed by atoms with Crippen LogP contribution in [0.3, 0.4) is 0 Å². The lowest BCUT2D eigenvalue weighted by Crippen LogP contribution is -2.02. The van der Waals surface area contributed by atoms with Crippen LogP contribution in [0.5, 0.6) is 5.75 Å². The minimum atomic E-state index is 0.583. The van der Waals surface area contributed by atoms with Crippen molar-refractivity contribution in [2.45, 2.75) is 0 Å². The van der Waals surface area contributed by atoms with Crippen LogP contribution in [0.15, 0.2) is 36.7 Å². The second kappa shape index (κ2) is 6.30. The molecule has 0 radical (unpaired) electrons. The molecule has 0 spiro atoms. The summed E-state index contributed by atoms with van der Waals surface area (Å²) < 4.78 is 8.76. The van der Waals surface area contributed by atoms with E-state index in [0.717, 1.165) is 11.2 Å². The molecule has 0 aliphatic rings. The van der Waals surface area contributed by atoms with E-state index in [1.165, 1.54) is 0 Å². The number of fused-ring (bicyclic) bond motifs is 1. The molecule has 0 aliphatic carbocycles. The highest BCUT2D eigenvalue weighted by Gasteiger charge is 2.14. The minimum Gasteiger partial charge on any atom is -0.494 e. The number of hydrogen-bond acceptors (Lipinski definition) is 6. The van der Waals surface area contributed by atoms with Crippen LogP contribution in [0.1, 0.15) is 0 Å². The molecule has 26 heavy (non-hydrogen) atoms. The quantitative estimate of drug-likeness (QED) is 0.595. The van der Waals surface area contributed by atoms with E-state index in [2.05, 4.69) is 25.5 Å². The number of nitrogens with one attached hydrogen (secondary N) is 1. The van der Waals surface area contributed by atoms with Crippen LogP contribution in [-0.4, -0.2) is 36.6 Å². The highest BCUT2D eigenvalue weighted by atomic mass is 35.5. The normalized spacial score (nSPS) is 11.1. The number of aromatic nitrogens is 6. The van der Waals surface area contributed by atoms with Gasteiger partial charge in [-0.1, -0.05) is 11.6 Å². The molecule has 0 amide bonds. The van der Waals surface area contributed by atoms with E-state index in [0.29, 0.717) is 33.6 Å². The fraction of sp³-hybridized carbons (Fsp3) is 0.176. The fourth-order valence-electron chi connectivity index (χ4n) is 2.72. The summed E-state index contributed by atoms with van der Waals surface area (Å²) in [7, 11) is 5.27. The Labute approximate surface area is 154 Å². The van der Waals surface area contributed by atoms with Gasteiger partial charge in [-0.25, -0.2) is 4.98 Å². The van der Waals surface area contributed by atoms with Crippen molar-refractivity contribution in [3.63, 3.8) is 0 Å². The molecule has 0 aliphatic heterocycles. The van der Waals surface area contributed by atoms with Crippen molar-refractivity contribution < 1.29 is 4.74 Å². The van der Waals surface area contributed by atoms with Crippen LogP contribution in [0.25, 0.3) is 22.4 Å². The van der Waals surface area contributed by atoms with Gasteiger partial charge in [-0.15, -0.1) is 0 Å². The summed E-state index contributed by atoms with van der Waals surface area (Å²) in [5.74, 6) is 2.01. The maximum atomic E-state index is 6.34. The number of halogens is 1. The van der Waals surface area contributed by atoms with Crippen molar-refractivity contribution in [2.75, 3.05) is 12.4 Å². The smallest absolute Gasteiger partial charge is 0.161 e. The van der Waals surface area contributed by atoms with Gasteiger partial charge < -0.3 is 10.1 Å². The molecule has 0 bridgehead atoms. The summed E-state index contributed by atoms with van der Waals surface area (Å²) in [6, 6.07) is 7.31. The highest BCUT2D eigenvalue weighted by Crippen LogP contribution is 2.30. The number of methoxy groups -OCH3 is 1. The number of ether oxygens (including phenoxy) is 1. The van der Waals surface area contributed by atoms with Crippen LogP contribution in [0.4, 0.5) is 11.6 Å². The maximum Gasteiger partial charge on any atom is 0.161 e. The first-order valence-corrected chi connectivity index (χ1v) is 8.23. The number of rotatable bonds is 4. The van der Waals surface area contributed by atoms with Crippen LogP contribution in [0, 0.1) is 0 Å². The molecule has 0 fully saturated rings. The van der Waals surface area contributed by atoms with E-state index >= 15 is 0 Å². The molecule has 132 valence electrons. The number of aryl methyl sites for hydroxylation is 2. The Bertz CT molecular complexity index is 1100. The standard InChI is InChI=1S/C17H16ClN7O/c1-24-15(8-12(23-24)16-13(26-3)5-4-6-19-16)21-14-7-11(18)10-9-20-25(2)17(10)22-14/h4-9H,1-3H3,(H,21,22). The second-order valence-corrected chi connectivity index (χ2v) is 6.12. The summed E-state index contributed by atoms with van der Waals surface area (Å²) in [4.78, 5) is 8.94. The average Bonchev–Trinajstić information content (AvgIpc) is 3.19. The van der Waals surface area contributed by atoms with Crippen LogP contribution < -0.4 is 10.1 Å². The molecule has 4 rings (SSSR count). The second-order valence-electron chi connectivity index (χ2n) is 5.71. The molecule has 4 aromatic rings. The van der Waals surface area contributed by atoms with Gasteiger partial charge in [0.2, 0.25) is 0 Å². The summed E-state index contributed by atoms with van der Waals surface area (Å²) >= 11 is 6.34. The van der Waals surface area contributed by atoms with E-state index in [4.69, 9.17) is 16.3 Å². The Morgan fingerprint density at radius 2 is 2.04 bits per heavy atom. The summed E-state index contributed by atoms with van der Waals surface area (Å²) in [5, 5.41) is 13.3. The largest absolute Gasteiger partial charge is 0.494 e. The topological polar surface area (TPSA) is 82.7 Å². The lowest BCUT2D eigenvalue weighted by atomic mass is 10.2. The van der Waals surface area contributed by atoms with Gasteiger partial charge in [0.25, 0.3) is 0 Å². The van der Waals surface area contributed by atoms with Crippen LogP contribution in [0.2, 0.25) is 5.02 Å². The van der Waals surface area contributed by atoms with Crippen molar-refractivity contribution in [1.29, 1.82) is 0 Å². The van der Waals surface area contributed by atoms with Crippen molar-refractivity contribution >= 4 is 34.3 Å². The Morgan fingerprint density at radius 1 is 1.19 bits per heavy atom. The van der Waals surface area contributed by atoms with E-state index in [1.807, 2.05) is 32.3 Å². The van der Waals surface area contributed by atoms with Crippen molar-refractivity contribution in [1.82, 2.24) is 29.5 Å². The molecule has 0 aromatic carbocycles. The van der Waals surface area contributed by atoms with Crippen LogP contribution in [-0.2, 0) is 14.1 Å². The van der Waals surface area contributed by atoms with E-state index in [1.54, 1.807) is 34.9 Å². The third-order valence-corrected chi connectivity index (χ3v) is 4.34. The predicted molar refractivity (Wildman–Crippen MR) is 99.8 cm³/mol. The third-order valence-electron chi connectivity index (χ3n) is 4.02. The fourth-order valence-corrected chi connectivity index (χ4v) is 2.96. The van der Waals surface area contributed by atoms with Gasteiger partial charge in [0.15, 0.2) is 5.65 Å². The number of pyridine rings is 2. The zero-order valence-electron chi connectivity index (χ0n) is 14.4. The molecular weight excluding hydrogens is 354 g/mol. The first-order valence-electron chi connectivity index (χ1n) is 7.85. The summed E-state index contributed by atoms with van der Waals surface area (Å²) in [5.41, 5.74) is 2.07. The number of nitrogens with zero attached hydrogens (tertiary/aromatic N) is 6. The lowest BCUT2D eigenvalue weighted by molar-refractivity contribution is 0.414. The Balaban J connectivity index is 1.72. The first-order chi connectivity index (χ1) is 12.6. The SMILES string of the molecule is COc1cccnc1-c1cc(Nc2cc(Cl)c3cnn(C)c3n2)n(C)n1. The van der Waals surface area contributed by atoms with E-state index in [-0.39, 0.29) is 0 Å². The van der Waals surface area contributed by atoms with Gasteiger partial charge >= 0.3 is 0 Å². The average molecular weight is 370 g/mol. The van der Waals surface area contributed by atoms with Gasteiger partial charge in [0, 0.05) is 32.4 Å².